The van der Waals surface area contributed by atoms with Gasteiger partial charge in [0.1, 0.15) is 0 Å². The molecule has 0 bridgehead atoms. The highest BCUT2D eigenvalue weighted by molar-refractivity contribution is 7.80. The molecule has 0 aliphatic carbocycles. The second kappa shape index (κ2) is 8.92. The first-order valence-electron chi connectivity index (χ1n) is 5.64. The fourth-order valence-electron chi connectivity index (χ4n) is 1.01. The van der Waals surface area contributed by atoms with Crippen molar-refractivity contribution in [3.05, 3.63) is 0 Å². The maximum atomic E-state index is 5.45. The Morgan fingerprint density at radius 3 is 2.47 bits per heavy atom. The van der Waals surface area contributed by atoms with Crippen LogP contribution in [-0.2, 0) is 4.74 Å². The molecule has 15 heavy (non-hydrogen) atoms. The van der Waals surface area contributed by atoms with E-state index in [1.165, 1.54) is 0 Å². The van der Waals surface area contributed by atoms with Gasteiger partial charge in [-0.15, -0.1) is 0 Å². The number of nitrogens with one attached hydrogen (secondary N) is 2. The summed E-state index contributed by atoms with van der Waals surface area (Å²) in [6, 6.07) is 0.391. The lowest BCUT2D eigenvalue weighted by Gasteiger charge is -2.13. The molecular weight excluding hydrogens is 208 g/mol. The molecule has 0 aromatic rings. The first kappa shape index (κ1) is 14.6. The Morgan fingerprint density at radius 2 is 1.93 bits per heavy atom. The zero-order chi connectivity index (χ0) is 11.7. The number of ether oxygens (including phenoxy) is 1. The molecule has 0 fully saturated rings. The van der Waals surface area contributed by atoms with E-state index in [-0.39, 0.29) is 0 Å². The van der Waals surface area contributed by atoms with Gasteiger partial charge in [-0.2, -0.15) is 0 Å². The molecule has 0 aromatic heterocycles. The highest BCUT2D eigenvalue weighted by Gasteiger charge is 1.97. The van der Waals surface area contributed by atoms with Crippen molar-refractivity contribution in [1.29, 1.82) is 0 Å². The standard InChI is InChI=1S/C11H24N2OS/c1-9(2)8-14-7-5-6-12-11(15)13-10(3)4/h9-10H,5-8H2,1-4H3,(H2,12,13,15). The maximum absolute atomic E-state index is 5.45. The SMILES string of the molecule is CC(C)COCCCNC(=S)NC(C)C. The van der Waals surface area contributed by atoms with Crippen LogP contribution in [0.4, 0.5) is 0 Å². The lowest BCUT2D eigenvalue weighted by atomic mass is 10.2. The van der Waals surface area contributed by atoms with Crippen molar-refractivity contribution in [1.82, 2.24) is 10.6 Å². The molecule has 3 nitrogen and oxygen atoms in total. The van der Waals surface area contributed by atoms with Crippen LogP contribution in [0.1, 0.15) is 34.1 Å². The van der Waals surface area contributed by atoms with Crippen molar-refractivity contribution in [3.63, 3.8) is 0 Å². The van der Waals surface area contributed by atoms with Gasteiger partial charge in [0, 0.05) is 25.8 Å². The van der Waals surface area contributed by atoms with Gasteiger partial charge < -0.3 is 15.4 Å². The molecule has 0 aromatic carbocycles. The molecule has 0 saturated heterocycles. The number of hydrogen-bond acceptors (Lipinski definition) is 2. The molecule has 0 rings (SSSR count). The third kappa shape index (κ3) is 11.6. The molecule has 0 atom stereocenters. The molecule has 0 saturated carbocycles. The van der Waals surface area contributed by atoms with Gasteiger partial charge >= 0.3 is 0 Å². The first-order valence-corrected chi connectivity index (χ1v) is 6.05. The molecular formula is C11H24N2OS. The average Bonchev–Trinajstić information content (AvgIpc) is 2.09. The second-order valence-electron chi connectivity index (χ2n) is 4.38. The Kier molecular flexibility index (Phi) is 8.71. The van der Waals surface area contributed by atoms with Gasteiger partial charge in [-0.05, 0) is 38.4 Å². The minimum absolute atomic E-state index is 0.391. The van der Waals surface area contributed by atoms with E-state index in [9.17, 15) is 0 Å². The summed E-state index contributed by atoms with van der Waals surface area (Å²) in [5.41, 5.74) is 0. The smallest absolute Gasteiger partial charge is 0.166 e. The fourth-order valence-corrected chi connectivity index (χ4v) is 1.35. The van der Waals surface area contributed by atoms with Crippen molar-refractivity contribution >= 4 is 17.3 Å². The van der Waals surface area contributed by atoms with E-state index in [4.69, 9.17) is 17.0 Å². The Hall–Kier alpha value is -0.350. The van der Waals surface area contributed by atoms with Crippen LogP contribution in [0.3, 0.4) is 0 Å². The molecule has 0 spiro atoms. The lowest BCUT2D eigenvalue weighted by Crippen LogP contribution is -2.39. The minimum Gasteiger partial charge on any atom is -0.381 e. The molecule has 0 unspecified atom stereocenters. The Morgan fingerprint density at radius 1 is 1.27 bits per heavy atom. The van der Waals surface area contributed by atoms with Gasteiger partial charge in [0.2, 0.25) is 0 Å². The summed E-state index contributed by atoms with van der Waals surface area (Å²) in [6.07, 6.45) is 0.993. The molecule has 2 N–H and O–H groups in total. The van der Waals surface area contributed by atoms with E-state index in [2.05, 4.69) is 38.3 Å². The highest BCUT2D eigenvalue weighted by Crippen LogP contribution is 1.92. The Balaban J connectivity index is 3.20. The largest absolute Gasteiger partial charge is 0.381 e. The Bertz CT molecular complexity index is 172. The van der Waals surface area contributed by atoms with Gasteiger partial charge in [0.05, 0.1) is 0 Å². The summed E-state index contributed by atoms with van der Waals surface area (Å²) in [6.45, 7) is 11.0. The third-order valence-electron chi connectivity index (χ3n) is 1.62. The van der Waals surface area contributed by atoms with Crippen LogP contribution >= 0.6 is 12.2 Å². The quantitative estimate of drug-likeness (QED) is 0.519. The third-order valence-corrected chi connectivity index (χ3v) is 1.88. The molecule has 0 aliphatic heterocycles. The molecule has 0 radical (unpaired) electrons. The van der Waals surface area contributed by atoms with Gasteiger partial charge in [0.15, 0.2) is 5.11 Å². The number of rotatable bonds is 7. The molecule has 4 heteroatoms. The van der Waals surface area contributed by atoms with Crippen LogP contribution in [-0.4, -0.2) is 30.9 Å². The van der Waals surface area contributed by atoms with E-state index in [1.54, 1.807) is 0 Å². The van der Waals surface area contributed by atoms with Gasteiger partial charge in [-0.3, -0.25) is 0 Å². The van der Waals surface area contributed by atoms with E-state index in [1.807, 2.05) is 0 Å². The second-order valence-corrected chi connectivity index (χ2v) is 4.79. The highest BCUT2D eigenvalue weighted by atomic mass is 32.1. The molecule has 0 aliphatic rings. The van der Waals surface area contributed by atoms with Crippen LogP contribution in [0.2, 0.25) is 0 Å². The topological polar surface area (TPSA) is 33.3 Å². The Labute approximate surface area is 99.0 Å². The summed E-state index contributed by atoms with van der Waals surface area (Å²) in [5.74, 6) is 0.613. The summed E-state index contributed by atoms with van der Waals surface area (Å²) >= 11 is 5.09. The zero-order valence-corrected chi connectivity index (χ0v) is 11.1. The van der Waals surface area contributed by atoms with Crippen LogP contribution in [0.15, 0.2) is 0 Å². The predicted octanol–water partition coefficient (Wildman–Crippen LogP) is 1.92. The predicted molar refractivity (Wildman–Crippen MR) is 69.1 cm³/mol. The maximum Gasteiger partial charge on any atom is 0.166 e. The van der Waals surface area contributed by atoms with Gasteiger partial charge in [0.25, 0.3) is 0 Å². The minimum atomic E-state index is 0.391. The first-order chi connectivity index (χ1) is 7.02. The van der Waals surface area contributed by atoms with Crippen LogP contribution in [0.25, 0.3) is 0 Å². The lowest BCUT2D eigenvalue weighted by molar-refractivity contribution is 0.108. The van der Waals surface area contributed by atoms with Crippen molar-refractivity contribution in [2.75, 3.05) is 19.8 Å². The van der Waals surface area contributed by atoms with Crippen LogP contribution < -0.4 is 10.6 Å². The van der Waals surface area contributed by atoms with Crippen molar-refractivity contribution < 1.29 is 4.74 Å². The van der Waals surface area contributed by atoms with E-state index in [0.29, 0.717) is 12.0 Å². The molecule has 0 heterocycles. The monoisotopic (exact) mass is 232 g/mol. The van der Waals surface area contributed by atoms with E-state index in [0.717, 1.165) is 31.3 Å². The van der Waals surface area contributed by atoms with E-state index >= 15 is 0 Å². The molecule has 0 amide bonds. The molecule has 90 valence electrons. The average molecular weight is 232 g/mol. The summed E-state index contributed by atoms with van der Waals surface area (Å²) < 4.78 is 5.45. The summed E-state index contributed by atoms with van der Waals surface area (Å²) in [4.78, 5) is 0. The number of hydrogen-bond donors (Lipinski definition) is 2. The zero-order valence-electron chi connectivity index (χ0n) is 10.3. The summed E-state index contributed by atoms with van der Waals surface area (Å²) in [5, 5.41) is 7.00. The summed E-state index contributed by atoms with van der Waals surface area (Å²) in [7, 11) is 0. The normalized spacial score (nSPS) is 10.8. The van der Waals surface area contributed by atoms with Crippen molar-refractivity contribution in [2.24, 2.45) is 5.92 Å². The number of thiocarbonyl (C=S) groups is 1. The van der Waals surface area contributed by atoms with Crippen molar-refractivity contribution in [2.45, 2.75) is 40.2 Å². The van der Waals surface area contributed by atoms with Crippen molar-refractivity contribution in [3.8, 4) is 0 Å². The van der Waals surface area contributed by atoms with Gasteiger partial charge in [-0.25, -0.2) is 0 Å². The fraction of sp³-hybridized carbons (Fsp3) is 0.909. The van der Waals surface area contributed by atoms with E-state index < -0.39 is 0 Å². The van der Waals surface area contributed by atoms with Crippen LogP contribution in [0, 0.1) is 5.92 Å². The van der Waals surface area contributed by atoms with Gasteiger partial charge in [-0.1, -0.05) is 13.8 Å². The van der Waals surface area contributed by atoms with Crippen LogP contribution in [0.5, 0.6) is 0 Å².